The van der Waals surface area contributed by atoms with E-state index in [1.165, 1.54) is 0 Å². The molecule has 0 aromatic carbocycles. The van der Waals surface area contributed by atoms with Crippen LogP contribution in [0.25, 0.3) is 0 Å². The zero-order valence-electron chi connectivity index (χ0n) is 4.99. The average Bonchev–Trinajstić information content (AvgIpc) is 1.36. The van der Waals surface area contributed by atoms with Gasteiger partial charge >= 0.3 is 0 Å². The molecule has 0 aliphatic carbocycles. The molecule has 0 aliphatic heterocycles. The van der Waals surface area contributed by atoms with Crippen molar-refractivity contribution in [2.75, 3.05) is 14.2 Å². The van der Waals surface area contributed by atoms with Crippen LogP contribution in [-0.2, 0) is 4.37 Å². The first-order valence-electron chi connectivity index (χ1n) is 2.21. The average molecular weight is 89.2 g/mol. The molecule has 0 spiro atoms. The summed E-state index contributed by atoms with van der Waals surface area (Å²) in [6.07, 6.45) is 0.602. The fourth-order valence-corrected chi connectivity index (χ4v) is 0. The van der Waals surface area contributed by atoms with Crippen LogP contribution in [0, 0.1) is 0 Å². The van der Waals surface area contributed by atoms with Crippen molar-refractivity contribution < 1.29 is 4.37 Å². The van der Waals surface area contributed by atoms with Crippen molar-refractivity contribution in [3.63, 3.8) is 0 Å². The molecule has 0 amide bonds. The van der Waals surface area contributed by atoms with Gasteiger partial charge in [-0.05, 0) is 0 Å². The summed E-state index contributed by atoms with van der Waals surface area (Å²) >= 11 is 0. The minimum Gasteiger partial charge on any atom is -0.425 e. The van der Waals surface area contributed by atoms with Gasteiger partial charge in [-0.25, -0.2) is 0 Å². The largest absolute Gasteiger partial charge is 0.425 e. The number of hydrogen-bond acceptors (Lipinski definition) is 0. The maximum Gasteiger partial charge on any atom is 0.149 e. The maximum absolute atomic E-state index is 2.82. The van der Waals surface area contributed by atoms with Crippen LogP contribution in [-0.4, -0.2) is 20.3 Å². The quantitative estimate of drug-likeness (QED) is 0.425. The highest BCUT2D eigenvalue weighted by atomic mass is 16.7. The highest BCUT2D eigenvalue weighted by Gasteiger charge is 1.96. The molecule has 0 unspecified atom stereocenters. The molecule has 0 saturated carbocycles. The van der Waals surface area contributed by atoms with Crippen molar-refractivity contribution in [1.82, 2.24) is 0 Å². The van der Waals surface area contributed by atoms with E-state index >= 15 is 0 Å². The lowest BCUT2D eigenvalue weighted by molar-refractivity contribution is -0.0997. The normalized spacial score (nSPS) is 11.0. The smallest absolute Gasteiger partial charge is 0.149 e. The fourth-order valence-electron chi connectivity index (χ4n) is 0. The molecular formula is C5H13O+. The Labute approximate surface area is 39.6 Å². The lowest BCUT2D eigenvalue weighted by Gasteiger charge is -2.09. The Balaban J connectivity index is 2.99. The first kappa shape index (κ1) is 5.96. The van der Waals surface area contributed by atoms with Gasteiger partial charge in [-0.2, -0.15) is 0 Å². The monoisotopic (exact) mass is 89.1 g/mol. The van der Waals surface area contributed by atoms with E-state index in [1.54, 1.807) is 0 Å². The second-order valence-corrected chi connectivity index (χ2v) is 1.93. The van der Waals surface area contributed by atoms with E-state index in [9.17, 15) is 0 Å². The standard InChI is InChI=1S/C5H13O/c1-5(2)6(3)4/h5H,1-4H3/q+1. The molecule has 0 fully saturated rings. The third kappa shape index (κ3) is 2.21. The summed E-state index contributed by atoms with van der Waals surface area (Å²) in [5.41, 5.74) is 0. The maximum atomic E-state index is 2.82. The zero-order valence-corrected chi connectivity index (χ0v) is 4.99. The molecule has 0 rings (SSSR count). The lowest BCUT2D eigenvalue weighted by Crippen LogP contribution is -2.11. The molecule has 0 bridgehead atoms. The fraction of sp³-hybridized carbons (Fsp3) is 1.00. The molecule has 38 valence electrons. The Morgan fingerprint density at radius 2 is 1.33 bits per heavy atom. The van der Waals surface area contributed by atoms with Crippen molar-refractivity contribution in [3.8, 4) is 0 Å². The van der Waals surface area contributed by atoms with Gasteiger partial charge in [-0.15, -0.1) is 0 Å². The third-order valence-corrected chi connectivity index (χ3v) is 0.943. The second kappa shape index (κ2) is 2.19. The molecule has 0 radical (unpaired) electrons. The van der Waals surface area contributed by atoms with Crippen LogP contribution in [0.5, 0.6) is 0 Å². The van der Waals surface area contributed by atoms with Gasteiger partial charge in [-0.3, -0.25) is 0 Å². The number of rotatable bonds is 1. The van der Waals surface area contributed by atoms with Crippen LogP contribution in [0.15, 0.2) is 0 Å². The predicted octanol–water partition coefficient (Wildman–Crippen LogP) is 1.21. The summed E-state index contributed by atoms with van der Waals surface area (Å²) in [4.78, 5) is 0. The van der Waals surface area contributed by atoms with Crippen molar-refractivity contribution in [1.29, 1.82) is 0 Å². The molecule has 1 nitrogen and oxygen atoms in total. The Hall–Kier alpha value is -0.0400. The Morgan fingerprint density at radius 3 is 1.33 bits per heavy atom. The van der Waals surface area contributed by atoms with Crippen LogP contribution < -0.4 is 0 Å². The summed E-state index contributed by atoms with van der Waals surface area (Å²) in [5.74, 6) is 0. The second-order valence-electron chi connectivity index (χ2n) is 1.93. The molecule has 1 heteroatoms. The van der Waals surface area contributed by atoms with Gasteiger partial charge < -0.3 is 4.37 Å². The Bertz CT molecular complexity index is 24.9. The summed E-state index contributed by atoms with van der Waals surface area (Å²) in [7, 11) is 3.98. The molecule has 0 aromatic heterocycles. The molecule has 0 N–H and O–H groups in total. The SMILES string of the molecule is CC(C)[O+](C)C. The summed E-state index contributed by atoms with van der Waals surface area (Å²) in [6.45, 7) is 4.26. The topological polar surface area (TPSA) is 2.70 Å². The molecule has 6 heavy (non-hydrogen) atoms. The minimum absolute atomic E-state index is 0.602. The van der Waals surface area contributed by atoms with E-state index in [2.05, 4.69) is 18.2 Å². The predicted molar refractivity (Wildman–Crippen MR) is 28.1 cm³/mol. The minimum atomic E-state index is 0.602. The van der Waals surface area contributed by atoms with Crippen LogP contribution in [0.1, 0.15) is 13.8 Å². The van der Waals surface area contributed by atoms with Crippen molar-refractivity contribution >= 4 is 0 Å². The molecule has 0 aliphatic rings. The van der Waals surface area contributed by atoms with Crippen LogP contribution in [0.3, 0.4) is 0 Å². The van der Waals surface area contributed by atoms with Crippen LogP contribution >= 0.6 is 0 Å². The van der Waals surface area contributed by atoms with E-state index in [0.717, 1.165) is 0 Å². The van der Waals surface area contributed by atoms with Crippen molar-refractivity contribution in [3.05, 3.63) is 0 Å². The van der Waals surface area contributed by atoms with Crippen molar-refractivity contribution in [2.24, 2.45) is 0 Å². The Morgan fingerprint density at radius 1 is 1.17 bits per heavy atom. The molecule has 0 aromatic rings. The van der Waals surface area contributed by atoms with Gasteiger partial charge in [0.2, 0.25) is 0 Å². The van der Waals surface area contributed by atoms with E-state index in [-0.39, 0.29) is 0 Å². The van der Waals surface area contributed by atoms with E-state index < -0.39 is 0 Å². The van der Waals surface area contributed by atoms with Gasteiger partial charge in [0, 0.05) is 13.8 Å². The van der Waals surface area contributed by atoms with Gasteiger partial charge in [0.25, 0.3) is 0 Å². The molecular weight excluding hydrogens is 76.1 g/mol. The zero-order chi connectivity index (χ0) is 5.15. The van der Waals surface area contributed by atoms with Gasteiger partial charge in [-0.1, -0.05) is 0 Å². The van der Waals surface area contributed by atoms with Crippen LogP contribution in [0.2, 0.25) is 0 Å². The first-order chi connectivity index (χ1) is 2.64. The Kier molecular flexibility index (Phi) is 2.18. The number of hydrogen-bond donors (Lipinski definition) is 0. The lowest BCUT2D eigenvalue weighted by atomic mass is 10.5. The van der Waals surface area contributed by atoms with Gasteiger partial charge in [0.1, 0.15) is 20.3 Å². The van der Waals surface area contributed by atoms with Crippen LogP contribution in [0.4, 0.5) is 0 Å². The summed E-state index contributed by atoms with van der Waals surface area (Å²) in [5, 5.41) is 0. The summed E-state index contributed by atoms with van der Waals surface area (Å²) < 4.78 is 2.82. The van der Waals surface area contributed by atoms with E-state index in [4.69, 9.17) is 0 Å². The van der Waals surface area contributed by atoms with E-state index in [1.807, 2.05) is 14.2 Å². The third-order valence-electron chi connectivity index (χ3n) is 0.943. The van der Waals surface area contributed by atoms with Crippen molar-refractivity contribution in [2.45, 2.75) is 20.0 Å². The first-order valence-corrected chi connectivity index (χ1v) is 2.21. The summed E-state index contributed by atoms with van der Waals surface area (Å²) in [6, 6.07) is 0. The van der Waals surface area contributed by atoms with Gasteiger partial charge in [0.15, 0.2) is 0 Å². The molecule has 0 saturated heterocycles. The molecule has 0 atom stereocenters. The van der Waals surface area contributed by atoms with Gasteiger partial charge in [0.05, 0.1) is 0 Å². The van der Waals surface area contributed by atoms with E-state index in [0.29, 0.717) is 6.10 Å². The molecule has 0 heterocycles. The highest BCUT2D eigenvalue weighted by Crippen LogP contribution is 1.91. The highest BCUT2D eigenvalue weighted by molar-refractivity contribution is 4.33.